The molecule has 1 rings (SSSR count). The second kappa shape index (κ2) is 6.61. The molecule has 0 fully saturated rings. The smallest absolute Gasteiger partial charge is 0.101 e. The summed E-state index contributed by atoms with van der Waals surface area (Å²) in [6.07, 6.45) is 1.66. The summed E-state index contributed by atoms with van der Waals surface area (Å²) in [4.78, 5) is 3.87. The van der Waals surface area contributed by atoms with Gasteiger partial charge in [0.05, 0.1) is 11.3 Å². The van der Waals surface area contributed by atoms with Crippen molar-refractivity contribution < 1.29 is 0 Å². The van der Waals surface area contributed by atoms with E-state index >= 15 is 0 Å². The van der Waals surface area contributed by atoms with E-state index in [4.69, 9.17) is 11.0 Å². The van der Waals surface area contributed by atoms with Crippen LogP contribution >= 0.6 is 0 Å². The zero-order valence-corrected chi connectivity index (χ0v) is 9.70. The first-order valence-electron chi connectivity index (χ1n) is 4.91. The molecule has 3 nitrogen and oxygen atoms in total. The molecule has 0 aliphatic heterocycles. The van der Waals surface area contributed by atoms with Gasteiger partial charge in [0.1, 0.15) is 6.07 Å². The molecule has 0 aliphatic carbocycles. The van der Waals surface area contributed by atoms with Crippen LogP contribution in [0.25, 0.3) is 0 Å². The fraction of sp³-hybridized carbons (Fsp3) is 0.333. The molecule has 0 amide bonds. The van der Waals surface area contributed by atoms with Gasteiger partial charge in [-0.3, -0.25) is 4.99 Å². The van der Waals surface area contributed by atoms with Gasteiger partial charge >= 0.3 is 0 Å². The van der Waals surface area contributed by atoms with Crippen molar-refractivity contribution in [1.29, 1.82) is 5.26 Å². The Morgan fingerprint density at radius 3 is 2.47 bits per heavy atom. The van der Waals surface area contributed by atoms with Crippen LogP contribution < -0.4 is 5.73 Å². The quantitative estimate of drug-likeness (QED) is 0.563. The average molecular weight is 203 g/mol. The summed E-state index contributed by atoms with van der Waals surface area (Å²) in [7, 11) is 1.67. The Hall–Kier alpha value is -1.82. The minimum atomic E-state index is 0.499. The molecule has 0 bridgehead atoms. The molecule has 0 unspecified atom stereocenters. The summed E-state index contributed by atoms with van der Waals surface area (Å²) < 4.78 is 0. The van der Waals surface area contributed by atoms with E-state index in [2.05, 4.69) is 4.99 Å². The van der Waals surface area contributed by atoms with Crippen LogP contribution in [0, 0.1) is 18.3 Å². The Balaban J connectivity index is 0.000000921. The first kappa shape index (κ1) is 13.2. The summed E-state index contributed by atoms with van der Waals surface area (Å²) in [6, 6.07) is 5.72. The van der Waals surface area contributed by atoms with Crippen LogP contribution in [-0.2, 0) is 0 Å². The lowest BCUT2D eigenvalue weighted by Crippen LogP contribution is -1.98. The van der Waals surface area contributed by atoms with Crippen molar-refractivity contribution in [3.8, 4) is 6.07 Å². The Kier molecular flexibility index (Phi) is 5.81. The number of aliphatic imine (C=N–C) groups is 1. The van der Waals surface area contributed by atoms with Gasteiger partial charge in [0.25, 0.3) is 0 Å². The highest BCUT2D eigenvalue weighted by atomic mass is 14.7. The van der Waals surface area contributed by atoms with Crippen LogP contribution in [0.3, 0.4) is 0 Å². The van der Waals surface area contributed by atoms with Crippen LogP contribution in [0.1, 0.15) is 30.5 Å². The molecule has 0 aliphatic rings. The zero-order valence-electron chi connectivity index (χ0n) is 9.70. The van der Waals surface area contributed by atoms with Crippen LogP contribution in [0.4, 0.5) is 5.69 Å². The number of nitrogens with zero attached hydrogens (tertiary/aromatic N) is 2. The highest BCUT2D eigenvalue weighted by Crippen LogP contribution is 2.17. The standard InChI is InChI=1S/C10H11N3.C2H6/c1-7-3-8(5-11)10(12)9(4-7)6-13-2;1-2/h3-4,6H,12H2,1-2H3;1-2H3. The van der Waals surface area contributed by atoms with Crippen molar-refractivity contribution >= 4 is 11.9 Å². The molecule has 1 aromatic rings. The minimum absolute atomic E-state index is 0.499. The van der Waals surface area contributed by atoms with E-state index in [-0.39, 0.29) is 0 Å². The Labute approximate surface area is 91.3 Å². The van der Waals surface area contributed by atoms with Crippen LogP contribution in [0.5, 0.6) is 0 Å². The number of hydrogen-bond donors (Lipinski definition) is 1. The van der Waals surface area contributed by atoms with Gasteiger partial charge in [-0.1, -0.05) is 13.8 Å². The van der Waals surface area contributed by atoms with Gasteiger partial charge in [0.15, 0.2) is 0 Å². The van der Waals surface area contributed by atoms with Crippen LogP contribution in [0.2, 0.25) is 0 Å². The second-order valence-electron chi connectivity index (χ2n) is 2.81. The van der Waals surface area contributed by atoms with Crippen LogP contribution in [-0.4, -0.2) is 13.3 Å². The SMILES string of the molecule is CC.CN=Cc1cc(C)cc(C#N)c1N. The van der Waals surface area contributed by atoms with Crippen LogP contribution in [0.15, 0.2) is 17.1 Å². The third-order valence-corrected chi connectivity index (χ3v) is 1.74. The largest absolute Gasteiger partial charge is 0.397 e. The summed E-state index contributed by atoms with van der Waals surface area (Å²) in [6.45, 7) is 5.92. The molecular formula is C12H17N3. The molecule has 0 radical (unpaired) electrons. The number of nitrogens with two attached hydrogens (primary N) is 1. The number of nitriles is 1. The van der Waals surface area contributed by atoms with Crippen molar-refractivity contribution in [3.05, 3.63) is 28.8 Å². The van der Waals surface area contributed by atoms with E-state index in [9.17, 15) is 0 Å². The first-order chi connectivity index (χ1) is 7.19. The molecule has 0 aromatic heterocycles. The number of anilines is 1. The van der Waals surface area contributed by atoms with Crippen molar-refractivity contribution in [2.45, 2.75) is 20.8 Å². The maximum absolute atomic E-state index is 8.76. The topological polar surface area (TPSA) is 62.2 Å². The van der Waals surface area contributed by atoms with E-state index < -0.39 is 0 Å². The molecule has 0 saturated carbocycles. The lowest BCUT2D eigenvalue weighted by atomic mass is 10.1. The number of hydrogen-bond acceptors (Lipinski definition) is 3. The molecule has 0 atom stereocenters. The molecule has 0 heterocycles. The fourth-order valence-corrected chi connectivity index (χ4v) is 1.16. The highest BCUT2D eigenvalue weighted by Gasteiger charge is 2.03. The van der Waals surface area contributed by atoms with Gasteiger partial charge in [0, 0.05) is 18.8 Å². The van der Waals surface area contributed by atoms with Crippen molar-refractivity contribution in [2.75, 3.05) is 12.8 Å². The molecule has 3 heteroatoms. The van der Waals surface area contributed by atoms with Gasteiger partial charge in [-0.2, -0.15) is 5.26 Å². The van der Waals surface area contributed by atoms with Gasteiger partial charge in [-0.15, -0.1) is 0 Å². The van der Waals surface area contributed by atoms with E-state index in [1.54, 1.807) is 19.3 Å². The number of benzene rings is 1. The van der Waals surface area contributed by atoms with Gasteiger partial charge < -0.3 is 5.73 Å². The second-order valence-corrected chi connectivity index (χ2v) is 2.81. The normalized spacial score (nSPS) is 9.27. The van der Waals surface area contributed by atoms with E-state index in [0.717, 1.165) is 11.1 Å². The Morgan fingerprint density at radius 2 is 2.00 bits per heavy atom. The van der Waals surface area contributed by atoms with Crippen molar-refractivity contribution in [1.82, 2.24) is 0 Å². The molecule has 15 heavy (non-hydrogen) atoms. The Bertz CT molecular complexity index is 387. The van der Waals surface area contributed by atoms with E-state index in [1.807, 2.05) is 32.9 Å². The third kappa shape index (κ3) is 3.43. The lowest BCUT2D eigenvalue weighted by molar-refractivity contribution is 1.40. The van der Waals surface area contributed by atoms with Crippen molar-refractivity contribution in [2.24, 2.45) is 4.99 Å². The average Bonchev–Trinajstić information content (AvgIpc) is 2.26. The zero-order chi connectivity index (χ0) is 11.8. The minimum Gasteiger partial charge on any atom is -0.397 e. The molecule has 2 N–H and O–H groups in total. The molecule has 0 saturated heterocycles. The molecule has 0 spiro atoms. The summed E-state index contributed by atoms with van der Waals surface area (Å²) in [5.74, 6) is 0. The van der Waals surface area contributed by atoms with Crippen molar-refractivity contribution in [3.63, 3.8) is 0 Å². The van der Waals surface area contributed by atoms with E-state index in [1.165, 1.54) is 0 Å². The summed E-state index contributed by atoms with van der Waals surface area (Å²) in [5.41, 5.74) is 8.56. The molecule has 1 aromatic carbocycles. The molecule has 80 valence electrons. The highest BCUT2D eigenvalue weighted by molar-refractivity contribution is 5.89. The fourth-order valence-electron chi connectivity index (χ4n) is 1.16. The Morgan fingerprint density at radius 1 is 1.40 bits per heavy atom. The first-order valence-corrected chi connectivity index (χ1v) is 4.91. The predicted molar refractivity (Wildman–Crippen MR) is 65.2 cm³/mol. The monoisotopic (exact) mass is 203 g/mol. The predicted octanol–water partition coefficient (Wildman–Crippen LogP) is 2.52. The van der Waals surface area contributed by atoms with E-state index in [0.29, 0.717) is 11.3 Å². The number of nitrogen functional groups attached to an aromatic ring is 1. The van der Waals surface area contributed by atoms with Gasteiger partial charge in [-0.25, -0.2) is 0 Å². The number of aryl methyl sites for hydroxylation is 1. The summed E-state index contributed by atoms with van der Waals surface area (Å²) in [5, 5.41) is 8.76. The maximum Gasteiger partial charge on any atom is 0.101 e. The van der Waals surface area contributed by atoms with Gasteiger partial charge in [-0.05, 0) is 24.6 Å². The maximum atomic E-state index is 8.76. The lowest BCUT2D eigenvalue weighted by Gasteiger charge is -2.03. The van der Waals surface area contributed by atoms with Gasteiger partial charge in [0.2, 0.25) is 0 Å². The number of rotatable bonds is 1. The third-order valence-electron chi connectivity index (χ3n) is 1.74. The summed E-state index contributed by atoms with van der Waals surface area (Å²) >= 11 is 0. The molecular weight excluding hydrogens is 186 g/mol.